The minimum atomic E-state index is -0.187. The minimum absolute atomic E-state index is 0.0314. The Kier molecular flexibility index (Phi) is 4.61. The molecule has 4 rings (SSSR count). The number of thiazole rings is 1. The first-order valence-corrected chi connectivity index (χ1v) is 9.87. The van der Waals surface area contributed by atoms with Crippen LogP contribution in [0.25, 0.3) is 16.6 Å². The van der Waals surface area contributed by atoms with Crippen LogP contribution in [0.5, 0.6) is 0 Å². The van der Waals surface area contributed by atoms with Crippen molar-refractivity contribution in [2.75, 3.05) is 13.1 Å². The summed E-state index contributed by atoms with van der Waals surface area (Å²) in [5.74, 6) is 0.784. The molecular formula is C20H20N4O2S. The zero-order valence-electron chi connectivity index (χ0n) is 15.3. The van der Waals surface area contributed by atoms with Crippen molar-refractivity contribution < 1.29 is 4.79 Å². The first-order chi connectivity index (χ1) is 13.1. The van der Waals surface area contributed by atoms with E-state index in [1.807, 2.05) is 43.0 Å². The average molecular weight is 380 g/mol. The Bertz CT molecular complexity index is 1110. The Hall–Kier alpha value is -2.80. The molecule has 0 saturated carbocycles. The van der Waals surface area contributed by atoms with Gasteiger partial charge >= 0.3 is 0 Å². The van der Waals surface area contributed by atoms with Crippen LogP contribution in [-0.4, -0.2) is 38.4 Å². The van der Waals surface area contributed by atoms with Crippen LogP contribution < -0.4 is 5.56 Å². The quantitative estimate of drug-likeness (QED) is 0.700. The molecule has 0 spiro atoms. The summed E-state index contributed by atoms with van der Waals surface area (Å²) in [4.78, 5) is 36.0. The van der Waals surface area contributed by atoms with Crippen LogP contribution in [0.15, 0.2) is 40.6 Å². The van der Waals surface area contributed by atoms with Crippen molar-refractivity contribution in [3.05, 3.63) is 62.6 Å². The van der Waals surface area contributed by atoms with Gasteiger partial charge < -0.3 is 9.47 Å². The number of rotatable bonds is 3. The van der Waals surface area contributed by atoms with Crippen LogP contribution in [0.3, 0.4) is 0 Å². The predicted octanol–water partition coefficient (Wildman–Crippen LogP) is 3.11. The average Bonchev–Trinajstić information content (AvgIpc) is 3.13. The third-order valence-corrected chi connectivity index (χ3v) is 5.80. The number of fused-ring (bicyclic) bond motifs is 1. The van der Waals surface area contributed by atoms with Gasteiger partial charge in [-0.05, 0) is 25.1 Å². The maximum Gasteiger partial charge on any atom is 0.280 e. The molecule has 0 atom stereocenters. The van der Waals surface area contributed by atoms with Crippen LogP contribution in [0, 0.1) is 6.92 Å². The smallest absolute Gasteiger partial charge is 0.280 e. The molecule has 7 heteroatoms. The molecule has 1 aromatic carbocycles. The molecule has 138 valence electrons. The van der Waals surface area contributed by atoms with Gasteiger partial charge in [0.05, 0.1) is 22.1 Å². The SMILES string of the molecule is CCc1nc(=O)c2ccccc2n1C1=CCN(C(=O)c2scnc2C)CC1. The lowest BCUT2D eigenvalue weighted by molar-refractivity contribution is 0.0776. The number of hydrogen-bond acceptors (Lipinski definition) is 5. The topological polar surface area (TPSA) is 68.1 Å². The maximum atomic E-state index is 12.7. The van der Waals surface area contributed by atoms with Gasteiger partial charge in [0.15, 0.2) is 0 Å². The second-order valence-electron chi connectivity index (χ2n) is 6.50. The molecule has 0 bridgehead atoms. The zero-order valence-corrected chi connectivity index (χ0v) is 16.1. The fraction of sp³-hybridized carbons (Fsp3) is 0.300. The largest absolute Gasteiger partial charge is 0.334 e. The standard InChI is InChI=1S/C20H20N4O2S/c1-3-17-22-19(25)15-6-4-5-7-16(15)24(17)14-8-10-23(11-9-14)20(26)18-13(2)21-12-27-18/h4-8,12H,3,9-11H2,1-2H3. The van der Waals surface area contributed by atoms with Crippen molar-refractivity contribution in [2.45, 2.75) is 26.7 Å². The second-order valence-corrected chi connectivity index (χ2v) is 7.36. The van der Waals surface area contributed by atoms with Gasteiger partial charge in [0.1, 0.15) is 10.7 Å². The number of nitrogens with zero attached hydrogens (tertiary/aromatic N) is 4. The van der Waals surface area contributed by atoms with Crippen LogP contribution in [0.1, 0.15) is 34.5 Å². The molecule has 2 aromatic heterocycles. The lowest BCUT2D eigenvalue weighted by atomic mass is 10.1. The summed E-state index contributed by atoms with van der Waals surface area (Å²) in [6.45, 7) is 5.03. The fourth-order valence-electron chi connectivity index (χ4n) is 3.47. The molecule has 1 amide bonds. The number of para-hydroxylation sites is 1. The van der Waals surface area contributed by atoms with Crippen molar-refractivity contribution in [1.82, 2.24) is 19.4 Å². The second kappa shape index (κ2) is 7.08. The summed E-state index contributed by atoms with van der Waals surface area (Å²) in [5, 5.41) is 0.620. The third-order valence-electron chi connectivity index (χ3n) is 4.88. The zero-order chi connectivity index (χ0) is 19.0. The van der Waals surface area contributed by atoms with E-state index in [2.05, 4.69) is 20.6 Å². The van der Waals surface area contributed by atoms with Gasteiger partial charge in [0.2, 0.25) is 0 Å². The van der Waals surface area contributed by atoms with E-state index in [9.17, 15) is 9.59 Å². The van der Waals surface area contributed by atoms with Crippen molar-refractivity contribution in [3.8, 4) is 0 Å². The Labute approximate surface area is 160 Å². The van der Waals surface area contributed by atoms with Crippen molar-refractivity contribution >= 4 is 33.8 Å². The number of aromatic nitrogens is 3. The molecule has 0 aliphatic carbocycles. The minimum Gasteiger partial charge on any atom is -0.334 e. The molecule has 1 aliphatic rings. The molecule has 1 aliphatic heterocycles. The molecule has 0 saturated heterocycles. The molecule has 3 aromatic rings. The number of amides is 1. The Morgan fingerprint density at radius 2 is 2.11 bits per heavy atom. The number of hydrogen-bond donors (Lipinski definition) is 0. The summed E-state index contributed by atoms with van der Waals surface area (Å²) in [7, 11) is 0. The lowest BCUT2D eigenvalue weighted by Crippen LogP contribution is -2.35. The molecule has 0 unspecified atom stereocenters. The predicted molar refractivity (Wildman–Crippen MR) is 107 cm³/mol. The highest BCUT2D eigenvalue weighted by Crippen LogP contribution is 2.24. The van der Waals surface area contributed by atoms with E-state index in [0.717, 1.165) is 22.7 Å². The van der Waals surface area contributed by atoms with Crippen molar-refractivity contribution in [3.63, 3.8) is 0 Å². The summed E-state index contributed by atoms with van der Waals surface area (Å²) in [6, 6.07) is 7.56. The van der Waals surface area contributed by atoms with E-state index in [1.54, 1.807) is 5.51 Å². The fourth-order valence-corrected chi connectivity index (χ4v) is 4.24. The van der Waals surface area contributed by atoms with Crippen LogP contribution >= 0.6 is 11.3 Å². The number of carbonyl (C=O) groups excluding carboxylic acids is 1. The number of carbonyl (C=O) groups is 1. The van der Waals surface area contributed by atoms with Crippen LogP contribution in [0.2, 0.25) is 0 Å². The van der Waals surface area contributed by atoms with E-state index >= 15 is 0 Å². The summed E-state index contributed by atoms with van der Waals surface area (Å²) in [6.07, 6.45) is 3.45. The van der Waals surface area contributed by atoms with Gasteiger partial charge in [0.25, 0.3) is 11.5 Å². The van der Waals surface area contributed by atoms with Gasteiger partial charge in [-0.15, -0.1) is 11.3 Å². The highest BCUT2D eigenvalue weighted by molar-refractivity contribution is 7.11. The Morgan fingerprint density at radius 1 is 1.30 bits per heavy atom. The molecule has 3 heterocycles. The van der Waals surface area contributed by atoms with E-state index < -0.39 is 0 Å². The van der Waals surface area contributed by atoms with Gasteiger partial charge in [-0.2, -0.15) is 4.98 Å². The molecule has 0 radical (unpaired) electrons. The summed E-state index contributed by atoms with van der Waals surface area (Å²) >= 11 is 1.39. The molecule has 0 N–H and O–H groups in total. The summed E-state index contributed by atoms with van der Waals surface area (Å²) in [5.41, 5.74) is 4.26. The summed E-state index contributed by atoms with van der Waals surface area (Å²) < 4.78 is 2.08. The van der Waals surface area contributed by atoms with Crippen LogP contribution in [0.4, 0.5) is 0 Å². The van der Waals surface area contributed by atoms with E-state index in [-0.39, 0.29) is 11.5 Å². The maximum absolute atomic E-state index is 12.7. The third kappa shape index (κ3) is 3.08. The van der Waals surface area contributed by atoms with Crippen molar-refractivity contribution in [2.24, 2.45) is 0 Å². The number of aryl methyl sites for hydroxylation is 2. The molecular weight excluding hydrogens is 360 g/mol. The monoisotopic (exact) mass is 380 g/mol. The van der Waals surface area contributed by atoms with Crippen LogP contribution in [-0.2, 0) is 6.42 Å². The van der Waals surface area contributed by atoms with Gasteiger partial charge in [0, 0.05) is 31.6 Å². The van der Waals surface area contributed by atoms with E-state index in [1.165, 1.54) is 11.3 Å². The Balaban J connectivity index is 1.71. The lowest BCUT2D eigenvalue weighted by Gasteiger charge is -2.28. The first-order valence-electron chi connectivity index (χ1n) is 8.99. The van der Waals surface area contributed by atoms with Gasteiger partial charge in [-0.25, -0.2) is 4.98 Å². The molecule has 6 nitrogen and oxygen atoms in total. The van der Waals surface area contributed by atoms with Gasteiger partial charge in [-0.1, -0.05) is 19.1 Å². The van der Waals surface area contributed by atoms with E-state index in [0.29, 0.717) is 36.2 Å². The number of benzene rings is 1. The molecule has 0 fully saturated rings. The highest BCUT2D eigenvalue weighted by Gasteiger charge is 2.23. The van der Waals surface area contributed by atoms with Gasteiger partial charge in [-0.3, -0.25) is 9.59 Å². The first kappa shape index (κ1) is 17.6. The highest BCUT2D eigenvalue weighted by atomic mass is 32.1. The van der Waals surface area contributed by atoms with E-state index in [4.69, 9.17) is 0 Å². The Morgan fingerprint density at radius 3 is 2.78 bits per heavy atom. The normalized spacial score (nSPS) is 14.4. The van der Waals surface area contributed by atoms with Crippen molar-refractivity contribution in [1.29, 1.82) is 0 Å². The molecule has 27 heavy (non-hydrogen) atoms.